The Morgan fingerprint density at radius 1 is 1.25 bits per heavy atom. The van der Waals surface area contributed by atoms with Crippen molar-refractivity contribution < 1.29 is 4.79 Å². The van der Waals surface area contributed by atoms with E-state index in [0.29, 0.717) is 16.9 Å². The van der Waals surface area contributed by atoms with E-state index in [0.717, 1.165) is 11.0 Å². The summed E-state index contributed by atoms with van der Waals surface area (Å²) in [6.07, 6.45) is 1.74. The highest BCUT2D eigenvalue weighted by atomic mass is 16.1. The maximum absolute atomic E-state index is 12.1. The van der Waals surface area contributed by atoms with E-state index in [-0.39, 0.29) is 5.91 Å². The topological polar surface area (TPSA) is 72.9 Å². The zero-order valence-electron chi connectivity index (χ0n) is 11.0. The van der Waals surface area contributed by atoms with E-state index in [1.54, 1.807) is 30.6 Å². The van der Waals surface area contributed by atoms with Gasteiger partial charge >= 0.3 is 0 Å². The summed E-state index contributed by atoms with van der Waals surface area (Å²) in [4.78, 5) is 16.4. The number of carbonyl (C=O) groups excluding carboxylic acids is 1. The third-order valence-electron chi connectivity index (χ3n) is 3.13. The summed E-state index contributed by atoms with van der Waals surface area (Å²) < 4.78 is 1.93. The van der Waals surface area contributed by atoms with Crippen LogP contribution >= 0.6 is 0 Å². The Hall–Kier alpha value is -2.82. The molecule has 0 radical (unpaired) electrons. The highest BCUT2D eigenvalue weighted by Gasteiger charge is 2.07. The van der Waals surface area contributed by atoms with Gasteiger partial charge < -0.3 is 15.6 Å². The number of nitrogen functional groups attached to an aromatic ring is 1. The highest BCUT2D eigenvalue weighted by molar-refractivity contribution is 6.05. The number of fused-ring (bicyclic) bond motifs is 1. The van der Waals surface area contributed by atoms with Crippen LogP contribution in [0.2, 0.25) is 0 Å². The second kappa shape index (κ2) is 4.70. The number of rotatable bonds is 2. The van der Waals surface area contributed by atoms with Crippen molar-refractivity contribution in [3.8, 4) is 0 Å². The van der Waals surface area contributed by atoms with E-state index in [4.69, 9.17) is 5.73 Å². The monoisotopic (exact) mass is 266 g/mol. The molecular formula is C15H14N4O. The Balaban J connectivity index is 1.87. The highest BCUT2D eigenvalue weighted by Crippen LogP contribution is 2.18. The molecule has 2 aromatic carbocycles. The molecule has 0 unspecified atom stereocenters. The Bertz CT molecular complexity index is 791. The molecule has 3 N–H and O–H groups in total. The lowest BCUT2D eigenvalue weighted by Crippen LogP contribution is -2.12. The molecule has 0 aliphatic carbocycles. The Morgan fingerprint density at radius 2 is 2.10 bits per heavy atom. The number of nitrogens with zero attached hydrogens (tertiary/aromatic N) is 2. The molecule has 1 aromatic heterocycles. The molecule has 0 aliphatic heterocycles. The third-order valence-corrected chi connectivity index (χ3v) is 3.13. The Morgan fingerprint density at radius 3 is 2.90 bits per heavy atom. The molecule has 1 amide bonds. The number of carbonyl (C=O) groups is 1. The molecule has 0 saturated carbocycles. The van der Waals surface area contributed by atoms with Crippen LogP contribution < -0.4 is 11.1 Å². The van der Waals surface area contributed by atoms with Crippen LogP contribution in [0.1, 0.15) is 10.4 Å². The first kappa shape index (κ1) is 12.2. The number of aryl methyl sites for hydroxylation is 1. The normalized spacial score (nSPS) is 10.7. The van der Waals surface area contributed by atoms with E-state index in [2.05, 4.69) is 10.3 Å². The van der Waals surface area contributed by atoms with Gasteiger partial charge in [0.15, 0.2) is 0 Å². The molecule has 5 nitrogen and oxygen atoms in total. The van der Waals surface area contributed by atoms with Crippen molar-refractivity contribution in [1.82, 2.24) is 9.55 Å². The average molecular weight is 266 g/mol. The van der Waals surface area contributed by atoms with Gasteiger partial charge in [0.2, 0.25) is 0 Å². The van der Waals surface area contributed by atoms with Crippen LogP contribution in [0.5, 0.6) is 0 Å². The van der Waals surface area contributed by atoms with E-state index >= 15 is 0 Å². The molecular weight excluding hydrogens is 252 g/mol. The standard InChI is InChI=1S/C15H14N4O/c1-19-9-17-13-8-12(5-6-14(13)19)18-15(20)10-3-2-4-11(16)7-10/h2-9H,16H2,1H3,(H,18,20). The third kappa shape index (κ3) is 2.21. The van der Waals surface area contributed by atoms with Gasteiger partial charge in [0, 0.05) is 24.0 Å². The lowest BCUT2D eigenvalue weighted by Gasteiger charge is -2.06. The van der Waals surface area contributed by atoms with Gasteiger partial charge in [0.1, 0.15) is 0 Å². The minimum Gasteiger partial charge on any atom is -0.399 e. The van der Waals surface area contributed by atoms with Crippen LogP contribution in [0.25, 0.3) is 11.0 Å². The van der Waals surface area contributed by atoms with Gasteiger partial charge in [-0.25, -0.2) is 4.98 Å². The van der Waals surface area contributed by atoms with Crippen molar-refractivity contribution in [3.63, 3.8) is 0 Å². The number of nitrogens with two attached hydrogens (primary N) is 1. The lowest BCUT2D eigenvalue weighted by atomic mass is 10.2. The first-order chi connectivity index (χ1) is 9.63. The van der Waals surface area contributed by atoms with Crippen LogP contribution in [-0.4, -0.2) is 15.5 Å². The number of anilines is 2. The fourth-order valence-corrected chi connectivity index (χ4v) is 2.10. The van der Waals surface area contributed by atoms with Crippen molar-refractivity contribution in [2.24, 2.45) is 7.05 Å². The fraction of sp³-hybridized carbons (Fsp3) is 0.0667. The predicted molar refractivity (Wildman–Crippen MR) is 79.5 cm³/mol. The van der Waals surface area contributed by atoms with Crippen molar-refractivity contribution in [2.75, 3.05) is 11.1 Å². The molecule has 3 rings (SSSR count). The van der Waals surface area contributed by atoms with Crippen LogP contribution in [0.4, 0.5) is 11.4 Å². The second-order valence-electron chi connectivity index (χ2n) is 4.64. The van der Waals surface area contributed by atoms with E-state index in [1.807, 2.05) is 29.8 Å². The van der Waals surface area contributed by atoms with Crippen LogP contribution in [0, 0.1) is 0 Å². The SMILES string of the molecule is Cn1cnc2cc(NC(=O)c3cccc(N)c3)ccc21. The molecule has 100 valence electrons. The molecule has 3 aromatic rings. The van der Waals surface area contributed by atoms with Crippen molar-refractivity contribution in [1.29, 1.82) is 0 Å². The first-order valence-electron chi connectivity index (χ1n) is 6.21. The molecule has 1 heterocycles. The van der Waals surface area contributed by atoms with E-state index in [9.17, 15) is 4.79 Å². The van der Waals surface area contributed by atoms with Gasteiger partial charge in [-0.15, -0.1) is 0 Å². The summed E-state index contributed by atoms with van der Waals surface area (Å²) in [5.41, 5.74) is 9.35. The maximum atomic E-state index is 12.1. The largest absolute Gasteiger partial charge is 0.399 e. The Kier molecular flexibility index (Phi) is 2.87. The smallest absolute Gasteiger partial charge is 0.255 e. The summed E-state index contributed by atoms with van der Waals surface area (Å²) in [6, 6.07) is 12.5. The summed E-state index contributed by atoms with van der Waals surface area (Å²) in [5.74, 6) is -0.187. The predicted octanol–water partition coefficient (Wildman–Crippen LogP) is 2.41. The van der Waals surface area contributed by atoms with Gasteiger partial charge in [-0.1, -0.05) is 6.07 Å². The number of hydrogen-bond donors (Lipinski definition) is 2. The number of hydrogen-bond acceptors (Lipinski definition) is 3. The molecule has 0 saturated heterocycles. The zero-order valence-corrected chi connectivity index (χ0v) is 11.0. The minimum absolute atomic E-state index is 0.187. The molecule has 0 aliphatic rings. The van der Waals surface area contributed by atoms with Crippen LogP contribution in [0.15, 0.2) is 48.8 Å². The van der Waals surface area contributed by atoms with Gasteiger partial charge in [0.05, 0.1) is 17.4 Å². The van der Waals surface area contributed by atoms with Gasteiger partial charge in [0.25, 0.3) is 5.91 Å². The van der Waals surface area contributed by atoms with Crippen molar-refractivity contribution in [2.45, 2.75) is 0 Å². The molecule has 20 heavy (non-hydrogen) atoms. The lowest BCUT2D eigenvalue weighted by molar-refractivity contribution is 0.102. The zero-order chi connectivity index (χ0) is 14.1. The first-order valence-corrected chi connectivity index (χ1v) is 6.21. The van der Waals surface area contributed by atoms with E-state index in [1.165, 1.54) is 0 Å². The Labute approximate surface area is 116 Å². The second-order valence-corrected chi connectivity index (χ2v) is 4.64. The number of imidazole rings is 1. The molecule has 5 heteroatoms. The number of nitrogens with one attached hydrogen (secondary N) is 1. The molecule has 0 fully saturated rings. The molecule has 0 spiro atoms. The van der Waals surface area contributed by atoms with Crippen LogP contribution in [-0.2, 0) is 7.05 Å². The van der Waals surface area contributed by atoms with Gasteiger partial charge in [-0.2, -0.15) is 0 Å². The fourth-order valence-electron chi connectivity index (χ4n) is 2.10. The molecule has 0 bridgehead atoms. The van der Waals surface area contributed by atoms with Crippen molar-refractivity contribution >= 4 is 28.3 Å². The minimum atomic E-state index is -0.187. The summed E-state index contributed by atoms with van der Waals surface area (Å²) >= 11 is 0. The van der Waals surface area contributed by atoms with Crippen LogP contribution in [0.3, 0.4) is 0 Å². The summed E-state index contributed by atoms with van der Waals surface area (Å²) in [7, 11) is 1.93. The van der Waals surface area contributed by atoms with Gasteiger partial charge in [-0.05, 0) is 36.4 Å². The van der Waals surface area contributed by atoms with E-state index < -0.39 is 0 Å². The quantitative estimate of drug-likeness (QED) is 0.699. The average Bonchev–Trinajstić information content (AvgIpc) is 2.80. The van der Waals surface area contributed by atoms with Crippen molar-refractivity contribution in [3.05, 3.63) is 54.4 Å². The summed E-state index contributed by atoms with van der Waals surface area (Å²) in [5, 5.41) is 2.84. The number of aromatic nitrogens is 2. The van der Waals surface area contributed by atoms with Gasteiger partial charge in [-0.3, -0.25) is 4.79 Å². The number of benzene rings is 2. The summed E-state index contributed by atoms with van der Waals surface area (Å²) in [6.45, 7) is 0. The molecule has 0 atom stereocenters. The number of amides is 1. The maximum Gasteiger partial charge on any atom is 0.255 e.